The molecule has 0 saturated heterocycles. The first-order chi connectivity index (χ1) is 0. The summed E-state index contributed by atoms with van der Waals surface area (Å²) in [5.74, 6) is 0. The standard InChI is InChI=1S/Al.Mg.H2O.Zn/h;;1H2;. The average Bonchev–Trinajstić information content (AvgIpc) is 0. The summed E-state index contributed by atoms with van der Waals surface area (Å²) in [6.07, 6.45) is 0. The second-order valence-electron chi connectivity index (χ2n) is 0. The van der Waals surface area contributed by atoms with E-state index in [4.69, 9.17) is 0 Å². The molecule has 2 N–H and O–H groups in total. The quantitative estimate of drug-likeness (QED) is 0.358. The molecular formula is H2AlMgOZn. The molecule has 0 rings (SSSR count). The first-order valence-corrected chi connectivity index (χ1v) is 0. The third kappa shape index (κ3) is 9.10. The van der Waals surface area contributed by atoms with E-state index in [1.165, 1.54) is 0 Å². The second kappa shape index (κ2) is 20.8. The van der Waals surface area contributed by atoms with Gasteiger partial charge in [-0.1, -0.05) is 0 Å². The number of hydrogen-bond donors (Lipinski definition) is 0. The molecule has 0 heterocycles. The molecule has 0 aromatic carbocycles. The maximum Gasteiger partial charge on any atom is 0 e. The van der Waals surface area contributed by atoms with Crippen LogP contribution in [0.1, 0.15) is 0 Å². The maximum atomic E-state index is 0. The van der Waals surface area contributed by atoms with Gasteiger partial charge < -0.3 is 5.48 Å². The van der Waals surface area contributed by atoms with Crippen molar-refractivity contribution in [3.05, 3.63) is 0 Å². The Kier molecular flexibility index (Phi) is 206. The Morgan fingerprint density at radius 3 is 1.00 bits per heavy atom. The van der Waals surface area contributed by atoms with Gasteiger partial charge in [0.05, 0.1) is 0 Å². The fraction of sp³-hybridized carbons (Fsp3) is 0. The van der Waals surface area contributed by atoms with Gasteiger partial charge >= 0.3 is 0 Å². The van der Waals surface area contributed by atoms with Crippen molar-refractivity contribution in [1.29, 1.82) is 0 Å². The van der Waals surface area contributed by atoms with Crippen LogP contribution in [-0.4, -0.2) is 45.9 Å². The van der Waals surface area contributed by atoms with Gasteiger partial charge in [-0.05, 0) is 0 Å². The van der Waals surface area contributed by atoms with E-state index in [2.05, 4.69) is 0 Å². The third-order valence-electron chi connectivity index (χ3n) is 0. The molecule has 0 aliphatic rings. The van der Waals surface area contributed by atoms with Gasteiger partial charge in [0.15, 0.2) is 0 Å². The van der Waals surface area contributed by atoms with E-state index in [9.17, 15) is 0 Å². The van der Waals surface area contributed by atoms with E-state index in [1.807, 2.05) is 0 Å². The zero-order chi connectivity index (χ0) is 0. The van der Waals surface area contributed by atoms with Crippen LogP contribution in [0.25, 0.3) is 0 Å². The van der Waals surface area contributed by atoms with Crippen LogP contribution in [0, 0.1) is 0 Å². The van der Waals surface area contributed by atoms with Crippen LogP contribution >= 0.6 is 0 Å². The first-order valence-electron chi connectivity index (χ1n) is 0. The van der Waals surface area contributed by atoms with Gasteiger partial charge in [-0.15, -0.1) is 0 Å². The SMILES string of the molecule is O.[Al].[Mg].[Zn]. The summed E-state index contributed by atoms with van der Waals surface area (Å²) >= 11 is 0. The molecule has 5 radical (unpaired) electrons. The summed E-state index contributed by atoms with van der Waals surface area (Å²) in [5.41, 5.74) is 0. The fourth-order valence-electron chi connectivity index (χ4n) is 0. The van der Waals surface area contributed by atoms with Crippen molar-refractivity contribution in [2.75, 3.05) is 0 Å². The van der Waals surface area contributed by atoms with E-state index in [0.717, 1.165) is 0 Å². The van der Waals surface area contributed by atoms with Gasteiger partial charge in [0.1, 0.15) is 0 Å². The van der Waals surface area contributed by atoms with Crippen LogP contribution in [0.5, 0.6) is 0 Å². The molecule has 0 spiro atoms. The van der Waals surface area contributed by atoms with Crippen LogP contribution in [0.4, 0.5) is 0 Å². The molecule has 0 fully saturated rings. The average molecular weight is 135 g/mol. The summed E-state index contributed by atoms with van der Waals surface area (Å²) in [6.45, 7) is 0. The van der Waals surface area contributed by atoms with E-state index < -0.39 is 0 Å². The van der Waals surface area contributed by atoms with Crippen molar-refractivity contribution < 1.29 is 25.0 Å². The van der Waals surface area contributed by atoms with Crippen LogP contribution < -0.4 is 0 Å². The van der Waals surface area contributed by atoms with Crippen LogP contribution in [-0.2, 0) is 19.5 Å². The number of hydrogen-bond acceptors (Lipinski definition) is 0. The minimum atomic E-state index is 0. The van der Waals surface area contributed by atoms with E-state index >= 15 is 0 Å². The van der Waals surface area contributed by atoms with Gasteiger partial charge in [0.2, 0.25) is 0 Å². The molecule has 0 aromatic rings. The summed E-state index contributed by atoms with van der Waals surface area (Å²) in [4.78, 5) is 0. The van der Waals surface area contributed by atoms with Crippen molar-refractivity contribution >= 4 is 40.4 Å². The Hall–Kier alpha value is 1.88. The predicted molar refractivity (Wildman–Crippen MR) is 15.1 cm³/mol. The fourth-order valence-corrected chi connectivity index (χ4v) is 0. The molecule has 0 atom stereocenters. The molecular weight excluding hydrogens is 133 g/mol. The van der Waals surface area contributed by atoms with Crippen molar-refractivity contribution in [2.45, 2.75) is 0 Å². The second-order valence-corrected chi connectivity index (χ2v) is 0. The van der Waals surface area contributed by atoms with Gasteiger partial charge in [-0.2, -0.15) is 0 Å². The maximum absolute atomic E-state index is 0. The normalized spacial score (nSPS) is 0. The third-order valence-corrected chi connectivity index (χ3v) is 0. The molecule has 0 amide bonds. The van der Waals surface area contributed by atoms with Crippen molar-refractivity contribution in [1.82, 2.24) is 0 Å². The Bertz CT molecular complexity index is 8.00. The van der Waals surface area contributed by atoms with Gasteiger partial charge in [0, 0.05) is 59.9 Å². The molecule has 4 heavy (non-hydrogen) atoms. The molecule has 1 nitrogen and oxygen atoms in total. The van der Waals surface area contributed by atoms with Crippen LogP contribution in [0.15, 0.2) is 0 Å². The molecule has 4 heteroatoms. The predicted octanol–water partition coefficient (Wildman–Crippen LogP) is -1.59. The minimum Gasteiger partial charge on any atom is -0.412 e. The van der Waals surface area contributed by atoms with Crippen molar-refractivity contribution in [3.8, 4) is 0 Å². The van der Waals surface area contributed by atoms with Gasteiger partial charge in [0.25, 0.3) is 0 Å². The van der Waals surface area contributed by atoms with Gasteiger partial charge in [-0.3, -0.25) is 0 Å². The van der Waals surface area contributed by atoms with Crippen molar-refractivity contribution in [2.24, 2.45) is 0 Å². The Morgan fingerprint density at radius 2 is 1.00 bits per heavy atom. The summed E-state index contributed by atoms with van der Waals surface area (Å²) in [5, 5.41) is 0. The minimum absolute atomic E-state index is 0. The Labute approximate surface area is 64.9 Å². The monoisotopic (exact) mass is 133 g/mol. The summed E-state index contributed by atoms with van der Waals surface area (Å²) in [7, 11) is 0. The topological polar surface area (TPSA) is 31.5 Å². The number of rotatable bonds is 0. The van der Waals surface area contributed by atoms with Gasteiger partial charge in [-0.25, -0.2) is 0 Å². The largest absolute Gasteiger partial charge is 0.412 e. The molecule has 0 aromatic heterocycles. The molecule has 0 unspecified atom stereocenters. The van der Waals surface area contributed by atoms with E-state index in [-0.39, 0.29) is 65.4 Å². The van der Waals surface area contributed by atoms with Crippen LogP contribution in [0.3, 0.4) is 0 Å². The summed E-state index contributed by atoms with van der Waals surface area (Å²) < 4.78 is 0. The van der Waals surface area contributed by atoms with E-state index in [0.29, 0.717) is 0 Å². The molecule has 15 valence electrons. The molecule has 0 saturated carbocycles. The van der Waals surface area contributed by atoms with Crippen molar-refractivity contribution in [3.63, 3.8) is 0 Å². The smallest absolute Gasteiger partial charge is 0 e. The zero-order valence-electron chi connectivity index (χ0n) is 2.49. The molecule has 0 aliphatic heterocycles. The zero-order valence-corrected chi connectivity index (χ0v) is 8.03. The Balaban J connectivity index is 0. The first kappa shape index (κ1) is 39.6. The molecule has 0 bridgehead atoms. The Morgan fingerprint density at radius 1 is 1.00 bits per heavy atom. The van der Waals surface area contributed by atoms with E-state index in [1.54, 1.807) is 0 Å². The van der Waals surface area contributed by atoms with Crippen LogP contribution in [0.2, 0.25) is 0 Å². The molecule has 0 aliphatic carbocycles. The summed E-state index contributed by atoms with van der Waals surface area (Å²) in [6, 6.07) is 0.